The van der Waals surface area contributed by atoms with Gasteiger partial charge in [-0.2, -0.15) is 25.3 Å². The van der Waals surface area contributed by atoms with Crippen LogP contribution >= 0.6 is 0 Å². The summed E-state index contributed by atoms with van der Waals surface area (Å²) in [5.74, 6) is 0. The van der Waals surface area contributed by atoms with Gasteiger partial charge in [0, 0.05) is 16.9 Å². The molecule has 0 unspecified atom stereocenters. The summed E-state index contributed by atoms with van der Waals surface area (Å²) in [6, 6.07) is 10.5. The maximum Gasteiger partial charge on any atom is 0.378 e. The molecule has 1 aliphatic carbocycles. The van der Waals surface area contributed by atoms with Gasteiger partial charge in [-0.25, -0.2) is 0 Å². The third-order valence-electron chi connectivity index (χ3n) is 4.85. The zero-order valence-corrected chi connectivity index (χ0v) is 20.3. The molecule has 0 saturated heterocycles. The van der Waals surface area contributed by atoms with Crippen molar-refractivity contribution in [2.75, 3.05) is 11.5 Å². The maximum atomic E-state index is 12.5. The number of aryl methyl sites for hydroxylation is 1. The van der Waals surface area contributed by atoms with E-state index < -0.39 is 51.6 Å². The van der Waals surface area contributed by atoms with E-state index in [1.807, 2.05) is 0 Å². The van der Waals surface area contributed by atoms with E-state index in [4.69, 9.17) is 16.0 Å². The fourth-order valence-corrected chi connectivity index (χ4v) is 6.01. The lowest BCUT2D eigenvalue weighted by atomic mass is 9.89. The van der Waals surface area contributed by atoms with E-state index in [0.29, 0.717) is 28.1 Å². The lowest BCUT2D eigenvalue weighted by Gasteiger charge is -2.21. The molecule has 0 heterocycles. The summed E-state index contributed by atoms with van der Waals surface area (Å²) in [4.78, 5) is -2.90. The minimum atomic E-state index is -5.52. The first-order valence-electron chi connectivity index (χ1n) is 9.41. The predicted molar refractivity (Wildman–Crippen MR) is 131 cm³/mol. The number of hydrogen-bond donors (Lipinski definition) is 5. The number of anilines is 2. The number of rotatable bonds is 5. The number of nitrogens with two attached hydrogens (primary N) is 2. The smallest absolute Gasteiger partial charge is 0.378 e. The second-order valence-electron chi connectivity index (χ2n) is 7.35. The van der Waals surface area contributed by atoms with Crippen LogP contribution < -0.4 is 11.5 Å². The normalized spacial score (nSPS) is 17.7. The van der Waals surface area contributed by atoms with Crippen LogP contribution in [0.1, 0.15) is 16.7 Å². The van der Waals surface area contributed by atoms with Crippen LogP contribution in [0.5, 0.6) is 0 Å². The summed E-state index contributed by atoms with van der Waals surface area (Å²) in [6.45, 7) is 1.67. The molecular weight excluding hydrogens is 522 g/mol. The van der Waals surface area contributed by atoms with Crippen LogP contribution in [0.2, 0.25) is 0 Å². The minimum absolute atomic E-state index is 0.0593. The summed E-state index contributed by atoms with van der Waals surface area (Å²) < 4.78 is 104. The van der Waals surface area contributed by atoms with Crippen molar-refractivity contribution < 1.29 is 38.9 Å². The van der Waals surface area contributed by atoms with E-state index in [1.165, 1.54) is 36.4 Å². The van der Waals surface area contributed by atoms with Gasteiger partial charge >= 0.3 is 10.3 Å². The van der Waals surface area contributed by atoms with Crippen LogP contribution in [0.3, 0.4) is 0 Å². The Labute approximate surface area is 201 Å². The third kappa shape index (κ3) is 5.84. The third-order valence-corrected chi connectivity index (χ3v) is 7.27. The summed E-state index contributed by atoms with van der Waals surface area (Å²) in [7, 11) is -16.2. The van der Waals surface area contributed by atoms with Crippen LogP contribution in [0.4, 0.5) is 11.4 Å². The molecule has 7 N–H and O–H groups in total. The molecule has 0 bridgehead atoms. The molecule has 0 atom stereocenters. The molecule has 35 heavy (non-hydrogen) atoms. The van der Waals surface area contributed by atoms with Crippen molar-refractivity contribution in [1.82, 2.24) is 0 Å². The Morgan fingerprint density at radius 1 is 0.771 bits per heavy atom. The second kappa shape index (κ2) is 9.03. The molecule has 0 saturated carbocycles. The lowest BCUT2D eigenvalue weighted by Crippen LogP contribution is -2.23. The van der Waals surface area contributed by atoms with Gasteiger partial charge in [0.25, 0.3) is 20.2 Å². The Kier molecular flexibility index (Phi) is 6.78. The monoisotopic (exact) mass is 541 g/mol. The van der Waals surface area contributed by atoms with Gasteiger partial charge in [-0.1, -0.05) is 24.3 Å². The topological polar surface area (TPSA) is 228 Å². The number of nitrogen functional groups attached to an aromatic ring is 2. The molecule has 0 aromatic heterocycles. The van der Waals surface area contributed by atoms with E-state index in [2.05, 4.69) is 4.40 Å². The standard InChI is InChI=1S/C20H19N3O9S3/c1-11-10-13(4-8-16(11)22)18(12-2-5-14(21)6-3-12)15-7-9-17(23-35(30,31)32)20(34(27,28)29)19(15)33(24,25)26/h2-10H,21-22H2,1H3,(H,24,25,26)(H,27,28,29)(H,30,31,32). The number of benzene rings is 2. The molecule has 2 aromatic rings. The van der Waals surface area contributed by atoms with Gasteiger partial charge in [-0.3, -0.25) is 13.7 Å². The van der Waals surface area contributed by atoms with Crippen molar-refractivity contribution in [3.63, 3.8) is 0 Å². The maximum absolute atomic E-state index is 12.5. The molecule has 12 nitrogen and oxygen atoms in total. The highest BCUT2D eigenvalue weighted by atomic mass is 32.2. The highest BCUT2D eigenvalue weighted by Crippen LogP contribution is 2.39. The molecule has 186 valence electrons. The van der Waals surface area contributed by atoms with E-state index in [-0.39, 0.29) is 5.57 Å². The second-order valence-corrected chi connectivity index (χ2v) is 11.1. The average Bonchev–Trinajstić information content (AvgIpc) is 2.70. The minimum Gasteiger partial charge on any atom is -0.399 e. The van der Waals surface area contributed by atoms with E-state index in [0.717, 1.165) is 12.2 Å². The quantitative estimate of drug-likeness (QED) is 0.270. The van der Waals surface area contributed by atoms with Gasteiger partial charge in [0.05, 0.1) is 0 Å². The Bertz CT molecular complexity index is 1670. The fraction of sp³-hybridized carbons (Fsp3) is 0.0500. The zero-order valence-electron chi connectivity index (χ0n) is 17.8. The Morgan fingerprint density at radius 3 is 1.80 bits per heavy atom. The van der Waals surface area contributed by atoms with Gasteiger partial charge in [0.2, 0.25) is 0 Å². The van der Waals surface area contributed by atoms with Crippen LogP contribution in [-0.2, 0) is 30.5 Å². The Balaban J connectivity index is 2.61. The van der Waals surface area contributed by atoms with E-state index in [9.17, 15) is 34.4 Å². The van der Waals surface area contributed by atoms with Crippen LogP contribution in [0.25, 0.3) is 5.57 Å². The van der Waals surface area contributed by atoms with Crippen molar-refractivity contribution in [3.8, 4) is 0 Å². The van der Waals surface area contributed by atoms with E-state index >= 15 is 0 Å². The molecule has 2 aromatic carbocycles. The highest BCUT2D eigenvalue weighted by molar-refractivity contribution is 7.94. The van der Waals surface area contributed by atoms with Gasteiger partial charge < -0.3 is 11.5 Å². The van der Waals surface area contributed by atoms with E-state index in [1.54, 1.807) is 13.0 Å². The first-order valence-corrected chi connectivity index (χ1v) is 13.7. The molecule has 0 radical (unpaired) electrons. The largest absolute Gasteiger partial charge is 0.399 e. The Morgan fingerprint density at radius 2 is 1.31 bits per heavy atom. The highest BCUT2D eigenvalue weighted by Gasteiger charge is 2.37. The number of nitrogens with zero attached hydrogens (tertiary/aromatic N) is 1. The SMILES string of the molecule is Cc1cc(C(=C2C=CC(=NS(=O)(=O)O)C(S(=O)(=O)O)=C2S(=O)(=O)O)c2ccc(N)cc2)ccc1N. The summed E-state index contributed by atoms with van der Waals surface area (Å²) in [5, 5.41) is 0. The van der Waals surface area contributed by atoms with Crippen molar-refractivity contribution in [2.24, 2.45) is 4.40 Å². The molecule has 0 amide bonds. The summed E-state index contributed by atoms with van der Waals surface area (Å²) >= 11 is 0. The van der Waals surface area contributed by atoms with Crippen molar-refractivity contribution in [3.05, 3.63) is 86.7 Å². The van der Waals surface area contributed by atoms with Gasteiger partial charge in [0.1, 0.15) is 15.5 Å². The van der Waals surface area contributed by atoms with Crippen LogP contribution in [0, 0.1) is 6.92 Å². The van der Waals surface area contributed by atoms with Crippen LogP contribution in [-0.4, -0.2) is 44.6 Å². The average molecular weight is 542 g/mol. The molecular formula is C20H19N3O9S3. The summed E-state index contributed by atoms with van der Waals surface area (Å²) in [5.41, 5.74) is 12.1. The summed E-state index contributed by atoms with van der Waals surface area (Å²) in [6.07, 6.45) is 1.72. The predicted octanol–water partition coefficient (Wildman–Crippen LogP) is 1.76. The first kappa shape index (κ1) is 26.3. The van der Waals surface area contributed by atoms with Crippen molar-refractivity contribution in [1.29, 1.82) is 0 Å². The van der Waals surface area contributed by atoms with Crippen LogP contribution in [0.15, 0.2) is 74.4 Å². The fourth-order valence-electron chi connectivity index (χ4n) is 3.41. The molecule has 0 spiro atoms. The molecule has 0 fully saturated rings. The van der Waals surface area contributed by atoms with Crippen molar-refractivity contribution >= 4 is 53.2 Å². The van der Waals surface area contributed by atoms with Crippen molar-refractivity contribution in [2.45, 2.75) is 6.92 Å². The van der Waals surface area contributed by atoms with Gasteiger partial charge in [-0.15, -0.1) is 4.40 Å². The lowest BCUT2D eigenvalue weighted by molar-refractivity contribution is 0.483. The number of hydrogen-bond acceptors (Lipinski definition) is 8. The molecule has 1 aliphatic rings. The zero-order chi connectivity index (χ0) is 26.3. The molecule has 0 aliphatic heterocycles. The Hall–Kier alpha value is -3.34. The molecule has 15 heteroatoms. The van der Waals surface area contributed by atoms with Gasteiger partial charge in [0.15, 0.2) is 0 Å². The number of allylic oxidation sites excluding steroid dienone is 4. The molecule has 3 rings (SSSR count). The first-order chi connectivity index (χ1) is 16.0. The van der Waals surface area contributed by atoms with Gasteiger partial charge in [-0.05, 0) is 59.5 Å².